The molecule has 1 saturated heterocycles. The molecule has 1 aliphatic heterocycles. The highest BCUT2D eigenvalue weighted by Gasteiger charge is 2.30. The molecule has 2 rings (SSSR count). The van der Waals surface area contributed by atoms with Gasteiger partial charge in [0.2, 0.25) is 10.0 Å². The molecule has 0 aliphatic carbocycles. The molecule has 0 radical (unpaired) electrons. The van der Waals surface area contributed by atoms with Crippen LogP contribution in [-0.4, -0.2) is 38.1 Å². The van der Waals surface area contributed by atoms with Gasteiger partial charge in [0.25, 0.3) is 0 Å². The van der Waals surface area contributed by atoms with Gasteiger partial charge < -0.3 is 5.73 Å². The molecule has 0 spiro atoms. The Hall–Kier alpha value is 0.0200. The molecule has 0 saturated carbocycles. The third-order valence-electron chi connectivity index (χ3n) is 4.00. The third-order valence-corrected chi connectivity index (χ3v) is 7.12. The molecule has 8 heteroatoms. The summed E-state index contributed by atoms with van der Waals surface area (Å²) in [4.78, 5) is 1.15. The summed E-state index contributed by atoms with van der Waals surface area (Å²) >= 11 is 7.62. The Kier molecular flexibility index (Phi) is 7.49. The van der Waals surface area contributed by atoms with E-state index in [1.807, 2.05) is 13.2 Å². The summed E-state index contributed by atoms with van der Waals surface area (Å²) in [6.07, 6.45) is 3.54. The molecule has 1 atom stereocenters. The van der Waals surface area contributed by atoms with Crippen LogP contribution < -0.4 is 5.73 Å². The molecule has 0 amide bonds. The molecule has 0 aromatic heterocycles. The Morgan fingerprint density at radius 2 is 1.95 bits per heavy atom. The van der Waals surface area contributed by atoms with Crippen molar-refractivity contribution in [1.82, 2.24) is 4.31 Å². The summed E-state index contributed by atoms with van der Waals surface area (Å²) in [7, 11) is -3.46. The van der Waals surface area contributed by atoms with Crippen molar-refractivity contribution >= 4 is 45.8 Å². The van der Waals surface area contributed by atoms with Crippen molar-refractivity contribution in [2.45, 2.75) is 35.6 Å². The average molecular weight is 385 g/mol. The van der Waals surface area contributed by atoms with Gasteiger partial charge >= 0.3 is 0 Å². The second-order valence-electron chi connectivity index (χ2n) is 5.40. The molecule has 1 aliphatic rings. The normalized spacial score (nSPS) is 18.7. The first-order valence-electron chi connectivity index (χ1n) is 6.95. The molecular formula is C14H22Cl2N2O2S2. The first-order valence-corrected chi connectivity index (χ1v) is 10.00. The summed E-state index contributed by atoms with van der Waals surface area (Å²) < 4.78 is 26.8. The Morgan fingerprint density at radius 3 is 2.41 bits per heavy atom. The Bertz CT molecular complexity index is 601. The molecule has 4 nitrogen and oxygen atoms in total. The predicted octanol–water partition coefficient (Wildman–Crippen LogP) is 3.23. The van der Waals surface area contributed by atoms with E-state index in [1.54, 1.807) is 18.2 Å². The number of rotatable bonds is 4. The number of benzene rings is 1. The van der Waals surface area contributed by atoms with Crippen molar-refractivity contribution in [3.8, 4) is 0 Å². The first-order chi connectivity index (χ1) is 9.86. The van der Waals surface area contributed by atoms with Crippen LogP contribution in [0.25, 0.3) is 0 Å². The molecule has 1 fully saturated rings. The third kappa shape index (κ3) is 4.30. The molecular weight excluding hydrogens is 363 g/mol. The smallest absolute Gasteiger partial charge is 0.243 e. The lowest BCUT2D eigenvalue weighted by atomic mass is 9.92. The van der Waals surface area contributed by atoms with Gasteiger partial charge in [-0.1, -0.05) is 11.6 Å². The zero-order valence-corrected chi connectivity index (χ0v) is 15.9. The van der Waals surface area contributed by atoms with E-state index in [0.717, 1.165) is 17.7 Å². The number of thioether (sulfide) groups is 1. The zero-order valence-electron chi connectivity index (χ0n) is 12.7. The van der Waals surface area contributed by atoms with Crippen LogP contribution in [0.3, 0.4) is 0 Å². The van der Waals surface area contributed by atoms with E-state index in [9.17, 15) is 8.42 Å². The molecule has 126 valence electrons. The lowest BCUT2D eigenvalue weighted by molar-refractivity contribution is 0.250. The second kappa shape index (κ2) is 8.22. The molecule has 1 unspecified atom stereocenters. The maximum atomic E-state index is 12.6. The Balaban J connectivity index is 0.00000242. The van der Waals surface area contributed by atoms with Gasteiger partial charge in [0.05, 0.1) is 9.92 Å². The SMILES string of the molecule is CSc1ccc(S(=O)(=O)N2CCC(C(C)N)CC2)cc1Cl.Cl. The quantitative estimate of drug-likeness (QED) is 0.809. The van der Waals surface area contributed by atoms with E-state index in [2.05, 4.69) is 0 Å². The van der Waals surface area contributed by atoms with Crippen LogP contribution in [0.15, 0.2) is 28.0 Å². The van der Waals surface area contributed by atoms with E-state index >= 15 is 0 Å². The van der Waals surface area contributed by atoms with E-state index in [-0.39, 0.29) is 23.3 Å². The number of nitrogens with two attached hydrogens (primary N) is 1. The average Bonchev–Trinajstić information content (AvgIpc) is 2.47. The largest absolute Gasteiger partial charge is 0.328 e. The molecule has 1 heterocycles. The monoisotopic (exact) mass is 384 g/mol. The van der Waals surface area contributed by atoms with Crippen molar-refractivity contribution in [3.63, 3.8) is 0 Å². The van der Waals surface area contributed by atoms with Crippen molar-refractivity contribution in [1.29, 1.82) is 0 Å². The Morgan fingerprint density at radius 1 is 1.36 bits per heavy atom. The first kappa shape index (κ1) is 20.1. The van der Waals surface area contributed by atoms with Gasteiger partial charge in [-0.2, -0.15) is 4.31 Å². The number of sulfonamides is 1. The van der Waals surface area contributed by atoms with E-state index < -0.39 is 10.0 Å². The van der Waals surface area contributed by atoms with Crippen LogP contribution in [0, 0.1) is 5.92 Å². The molecule has 1 aromatic rings. The summed E-state index contributed by atoms with van der Waals surface area (Å²) in [6.45, 7) is 3.03. The van der Waals surface area contributed by atoms with Crippen LogP contribution in [0.4, 0.5) is 0 Å². The fourth-order valence-corrected chi connectivity index (χ4v) is 5.03. The molecule has 2 N–H and O–H groups in total. The predicted molar refractivity (Wildman–Crippen MR) is 95.6 cm³/mol. The second-order valence-corrected chi connectivity index (χ2v) is 8.59. The van der Waals surface area contributed by atoms with Gasteiger partial charge in [0, 0.05) is 24.0 Å². The maximum absolute atomic E-state index is 12.6. The zero-order chi connectivity index (χ0) is 15.6. The topological polar surface area (TPSA) is 63.4 Å². The van der Waals surface area contributed by atoms with Gasteiger partial charge in [-0.15, -0.1) is 24.2 Å². The number of hydrogen-bond donors (Lipinski definition) is 1. The van der Waals surface area contributed by atoms with Gasteiger partial charge in [-0.05, 0) is 50.1 Å². The summed E-state index contributed by atoms with van der Waals surface area (Å²) in [6, 6.07) is 5.05. The van der Waals surface area contributed by atoms with Crippen molar-refractivity contribution in [2.75, 3.05) is 19.3 Å². The summed E-state index contributed by atoms with van der Waals surface area (Å²) in [5, 5.41) is 0.481. The molecule has 1 aromatic carbocycles. The van der Waals surface area contributed by atoms with Gasteiger partial charge in [0.15, 0.2) is 0 Å². The van der Waals surface area contributed by atoms with Crippen molar-refractivity contribution in [3.05, 3.63) is 23.2 Å². The fraction of sp³-hybridized carbons (Fsp3) is 0.571. The molecule has 22 heavy (non-hydrogen) atoms. The Labute approximate surface area is 148 Å². The highest BCUT2D eigenvalue weighted by molar-refractivity contribution is 7.98. The number of piperidine rings is 1. The van der Waals surface area contributed by atoms with E-state index in [1.165, 1.54) is 16.1 Å². The fourth-order valence-electron chi connectivity index (χ4n) is 2.60. The summed E-state index contributed by atoms with van der Waals surface area (Å²) in [5.41, 5.74) is 5.90. The minimum Gasteiger partial charge on any atom is -0.328 e. The lowest BCUT2D eigenvalue weighted by Gasteiger charge is -2.33. The van der Waals surface area contributed by atoms with Crippen molar-refractivity contribution in [2.24, 2.45) is 11.7 Å². The highest BCUT2D eigenvalue weighted by atomic mass is 35.5. The van der Waals surface area contributed by atoms with Gasteiger partial charge in [-0.3, -0.25) is 0 Å². The minimum atomic E-state index is -3.46. The molecule has 0 bridgehead atoms. The highest BCUT2D eigenvalue weighted by Crippen LogP contribution is 2.30. The van der Waals surface area contributed by atoms with Crippen LogP contribution >= 0.6 is 35.8 Å². The van der Waals surface area contributed by atoms with E-state index in [0.29, 0.717) is 24.0 Å². The van der Waals surface area contributed by atoms with Gasteiger partial charge in [0.1, 0.15) is 0 Å². The van der Waals surface area contributed by atoms with Gasteiger partial charge in [-0.25, -0.2) is 8.42 Å². The van der Waals surface area contributed by atoms with Crippen LogP contribution in [0.1, 0.15) is 19.8 Å². The standard InChI is InChI=1S/C14H21ClN2O2S2.ClH/c1-10(16)11-5-7-17(8-6-11)21(18,19)12-3-4-14(20-2)13(15)9-12;/h3-4,9-11H,5-8,16H2,1-2H3;1H. The van der Waals surface area contributed by atoms with Crippen molar-refractivity contribution < 1.29 is 8.42 Å². The number of hydrogen-bond acceptors (Lipinski definition) is 4. The van der Waals surface area contributed by atoms with E-state index in [4.69, 9.17) is 17.3 Å². The minimum absolute atomic E-state index is 0. The number of nitrogens with zero attached hydrogens (tertiary/aromatic N) is 1. The van der Waals surface area contributed by atoms with Crippen LogP contribution in [0.5, 0.6) is 0 Å². The maximum Gasteiger partial charge on any atom is 0.243 e. The lowest BCUT2D eigenvalue weighted by Crippen LogP contribution is -2.42. The van der Waals surface area contributed by atoms with Crippen LogP contribution in [0.2, 0.25) is 5.02 Å². The summed E-state index contributed by atoms with van der Waals surface area (Å²) in [5.74, 6) is 0.402. The van der Waals surface area contributed by atoms with Crippen LogP contribution in [-0.2, 0) is 10.0 Å². The number of halogens is 2.